The van der Waals surface area contributed by atoms with Crippen LogP contribution in [0, 0.1) is 0 Å². The molecular weight excluding hydrogens is 298 g/mol. The summed E-state index contributed by atoms with van der Waals surface area (Å²) in [5.74, 6) is -0.558. The second-order valence-electron chi connectivity index (χ2n) is 4.59. The summed E-state index contributed by atoms with van der Waals surface area (Å²) in [6.45, 7) is 1.24. The van der Waals surface area contributed by atoms with Gasteiger partial charge in [0.1, 0.15) is 11.8 Å². The number of hydrogen-bond donors (Lipinski definition) is 2. The zero-order valence-electron chi connectivity index (χ0n) is 9.97. The van der Waals surface area contributed by atoms with Crippen molar-refractivity contribution < 1.29 is 15.0 Å². The number of hydrogen-bond acceptors (Lipinski definition) is 3. The number of piperidine rings is 1. The van der Waals surface area contributed by atoms with Gasteiger partial charge in [0, 0.05) is 16.6 Å². The molecule has 1 atom stereocenters. The summed E-state index contributed by atoms with van der Waals surface area (Å²) >= 11 is 3.36. The molecule has 1 aromatic rings. The summed E-state index contributed by atoms with van der Waals surface area (Å²) in [6.07, 6.45) is 2.65. The van der Waals surface area contributed by atoms with Crippen molar-refractivity contribution in [2.75, 3.05) is 6.54 Å². The molecular formula is C13H16BrNO3. The van der Waals surface area contributed by atoms with Crippen LogP contribution in [0.2, 0.25) is 0 Å². The Morgan fingerprint density at radius 1 is 1.44 bits per heavy atom. The Bertz CT molecular complexity index is 450. The van der Waals surface area contributed by atoms with Gasteiger partial charge in [-0.15, -0.1) is 0 Å². The van der Waals surface area contributed by atoms with Gasteiger partial charge in [-0.25, -0.2) is 0 Å². The summed E-state index contributed by atoms with van der Waals surface area (Å²) < 4.78 is 0.888. The minimum Gasteiger partial charge on any atom is -0.508 e. The summed E-state index contributed by atoms with van der Waals surface area (Å²) in [5.41, 5.74) is 0.762. The van der Waals surface area contributed by atoms with Crippen LogP contribution in [-0.2, 0) is 11.3 Å². The molecule has 0 spiro atoms. The average molecular weight is 314 g/mol. The van der Waals surface area contributed by atoms with Gasteiger partial charge in [0.05, 0.1) is 0 Å². The van der Waals surface area contributed by atoms with Crippen molar-refractivity contribution in [1.29, 1.82) is 0 Å². The van der Waals surface area contributed by atoms with E-state index >= 15 is 0 Å². The first-order chi connectivity index (χ1) is 8.58. The number of rotatable bonds is 3. The fraction of sp³-hybridized carbons (Fsp3) is 0.462. The van der Waals surface area contributed by atoms with Gasteiger partial charge in [-0.2, -0.15) is 0 Å². The summed E-state index contributed by atoms with van der Waals surface area (Å²) in [4.78, 5) is 13.1. The maximum absolute atomic E-state index is 11.2. The Labute approximate surface area is 114 Å². The van der Waals surface area contributed by atoms with Crippen LogP contribution < -0.4 is 0 Å². The highest BCUT2D eigenvalue weighted by atomic mass is 79.9. The van der Waals surface area contributed by atoms with E-state index in [9.17, 15) is 15.0 Å². The average Bonchev–Trinajstić information content (AvgIpc) is 2.34. The molecule has 4 nitrogen and oxygen atoms in total. The zero-order chi connectivity index (χ0) is 13.1. The first kappa shape index (κ1) is 13.4. The summed E-state index contributed by atoms with van der Waals surface area (Å²) in [6, 6.07) is 4.79. The van der Waals surface area contributed by atoms with E-state index in [0.717, 1.165) is 29.4 Å². The molecule has 0 radical (unpaired) electrons. The van der Waals surface area contributed by atoms with Crippen molar-refractivity contribution in [3.05, 3.63) is 28.2 Å². The number of aromatic hydroxyl groups is 1. The topological polar surface area (TPSA) is 60.8 Å². The van der Waals surface area contributed by atoms with Crippen LogP contribution in [0.5, 0.6) is 5.75 Å². The highest BCUT2D eigenvalue weighted by Crippen LogP contribution is 2.26. The van der Waals surface area contributed by atoms with E-state index in [4.69, 9.17) is 0 Å². The van der Waals surface area contributed by atoms with E-state index in [1.165, 1.54) is 0 Å². The van der Waals surface area contributed by atoms with Crippen LogP contribution in [0.15, 0.2) is 22.7 Å². The number of carboxylic acids is 1. The summed E-state index contributed by atoms with van der Waals surface area (Å²) in [5, 5.41) is 19.0. The maximum atomic E-state index is 11.2. The highest BCUT2D eigenvalue weighted by molar-refractivity contribution is 9.10. The molecule has 1 saturated heterocycles. The SMILES string of the molecule is O=C(O)C1CCCCN1Cc1cc(Br)ccc1O. The predicted octanol–water partition coefficient (Wildman–Crippen LogP) is 2.59. The zero-order valence-corrected chi connectivity index (χ0v) is 11.6. The second kappa shape index (κ2) is 5.71. The van der Waals surface area contributed by atoms with Gasteiger partial charge in [-0.1, -0.05) is 22.4 Å². The Morgan fingerprint density at radius 2 is 2.22 bits per heavy atom. The first-order valence-electron chi connectivity index (χ1n) is 6.02. The number of nitrogens with zero attached hydrogens (tertiary/aromatic N) is 1. The Morgan fingerprint density at radius 3 is 2.94 bits per heavy atom. The van der Waals surface area contributed by atoms with E-state index in [0.29, 0.717) is 13.0 Å². The summed E-state index contributed by atoms with van der Waals surface area (Å²) in [7, 11) is 0. The molecule has 0 bridgehead atoms. The smallest absolute Gasteiger partial charge is 0.320 e. The van der Waals surface area contributed by atoms with Crippen LogP contribution in [0.25, 0.3) is 0 Å². The van der Waals surface area contributed by atoms with Gasteiger partial charge in [0.2, 0.25) is 0 Å². The van der Waals surface area contributed by atoms with Crippen LogP contribution in [0.1, 0.15) is 24.8 Å². The van der Waals surface area contributed by atoms with Crippen molar-refractivity contribution in [2.45, 2.75) is 31.8 Å². The maximum Gasteiger partial charge on any atom is 0.320 e. The third kappa shape index (κ3) is 3.03. The number of phenols is 1. The van der Waals surface area contributed by atoms with Gasteiger partial charge < -0.3 is 10.2 Å². The lowest BCUT2D eigenvalue weighted by Crippen LogP contribution is -2.44. The van der Waals surface area contributed by atoms with E-state index in [1.807, 2.05) is 11.0 Å². The van der Waals surface area contributed by atoms with Gasteiger partial charge in [0.15, 0.2) is 0 Å². The van der Waals surface area contributed by atoms with Crippen molar-refractivity contribution in [1.82, 2.24) is 4.90 Å². The lowest BCUT2D eigenvalue weighted by atomic mass is 10.0. The number of carbonyl (C=O) groups is 1. The normalized spacial score (nSPS) is 20.8. The molecule has 0 aliphatic carbocycles. The molecule has 1 aliphatic rings. The van der Waals surface area contributed by atoms with E-state index < -0.39 is 12.0 Å². The third-order valence-corrected chi connectivity index (χ3v) is 3.81. The minimum atomic E-state index is -0.774. The van der Waals surface area contributed by atoms with Gasteiger partial charge in [0.25, 0.3) is 0 Å². The van der Waals surface area contributed by atoms with Gasteiger partial charge >= 0.3 is 5.97 Å². The molecule has 1 aromatic carbocycles. The quantitative estimate of drug-likeness (QED) is 0.900. The van der Waals surface area contributed by atoms with Crippen LogP contribution in [-0.4, -0.2) is 33.7 Å². The lowest BCUT2D eigenvalue weighted by molar-refractivity contribution is -0.144. The number of carboxylic acid groups (broad SMARTS) is 1. The minimum absolute atomic E-state index is 0.216. The molecule has 5 heteroatoms. The number of benzene rings is 1. The first-order valence-corrected chi connectivity index (χ1v) is 6.81. The van der Waals surface area contributed by atoms with Crippen LogP contribution >= 0.6 is 15.9 Å². The van der Waals surface area contributed by atoms with Crippen molar-refractivity contribution in [3.8, 4) is 5.75 Å². The molecule has 1 heterocycles. The molecule has 0 saturated carbocycles. The molecule has 18 heavy (non-hydrogen) atoms. The molecule has 1 unspecified atom stereocenters. The van der Waals surface area contributed by atoms with E-state index in [2.05, 4.69) is 15.9 Å². The predicted molar refractivity (Wildman–Crippen MR) is 71.5 cm³/mol. The van der Waals surface area contributed by atoms with Gasteiger partial charge in [-0.05, 0) is 37.6 Å². The van der Waals surface area contributed by atoms with Crippen LogP contribution in [0.4, 0.5) is 0 Å². The second-order valence-corrected chi connectivity index (χ2v) is 5.51. The standard InChI is InChI=1S/C13H16BrNO3/c14-10-4-5-12(16)9(7-10)8-15-6-2-1-3-11(15)13(17)18/h4-5,7,11,16H,1-3,6,8H2,(H,17,18). The molecule has 1 aliphatic heterocycles. The largest absolute Gasteiger partial charge is 0.508 e. The van der Waals surface area contributed by atoms with E-state index in [1.54, 1.807) is 12.1 Å². The molecule has 2 N–H and O–H groups in total. The number of aliphatic carboxylic acids is 1. The van der Waals surface area contributed by atoms with Crippen molar-refractivity contribution in [2.24, 2.45) is 0 Å². The third-order valence-electron chi connectivity index (χ3n) is 3.31. The molecule has 98 valence electrons. The Kier molecular flexibility index (Phi) is 4.24. The highest BCUT2D eigenvalue weighted by Gasteiger charge is 2.28. The fourth-order valence-electron chi connectivity index (χ4n) is 2.36. The molecule has 2 rings (SSSR count). The lowest BCUT2D eigenvalue weighted by Gasteiger charge is -2.33. The number of halogens is 1. The van der Waals surface area contributed by atoms with Gasteiger partial charge in [-0.3, -0.25) is 9.69 Å². The number of phenolic OH excluding ortho intramolecular Hbond substituents is 1. The number of likely N-dealkylation sites (tertiary alicyclic amines) is 1. The van der Waals surface area contributed by atoms with Crippen LogP contribution in [0.3, 0.4) is 0 Å². The Hall–Kier alpha value is -1.07. The molecule has 1 fully saturated rings. The van der Waals surface area contributed by atoms with Crippen molar-refractivity contribution in [3.63, 3.8) is 0 Å². The van der Waals surface area contributed by atoms with E-state index in [-0.39, 0.29) is 5.75 Å². The molecule has 0 amide bonds. The Balaban J connectivity index is 2.15. The fourth-order valence-corrected chi connectivity index (χ4v) is 2.77. The monoisotopic (exact) mass is 313 g/mol. The van der Waals surface area contributed by atoms with Crippen molar-refractivity contribution >= 4 is 21.9 Å². The molecule has 0 aromatic heterocycles.